The second-order valence-corrected chi connectivity index (χ2v) is 6.85. The Balaban J connectivity index is 1.70. The molecule has 1 nitrogen and oxygen atoms in total. The van der Waals surface area contributed by atoms with Crippen molar-refractivity contribution in [1.29, 1.82) is 0 Å². The van der Waals surface area contributed by atoms with Crippen molar-refractivity contribution >= 4 is 10.8 Å². The molecule has 1 fully saturated rings. The van der Waals surface area contributed by atoms with E-state index in [1.165, 1.54) is 42.0 Å². The Morgan fingerprint density at radius 2 is 1.85 bits per heavy atom. The van der Waals surface area contributed by atoms with Crippen LogP contribution in [0.25, 0.3) is 10.8 Å². The minimum absolute atomic E-state index is 0.440. The van der Waals surface area contributed by atoms with Crippen LogP contribution in [0.4, 0.5) is 0 Å². The van der Waals surface area contributed by atoms with Gasteiger partial charge in [0.05, 0.1) is 0 Å². The molecule has 106 valence electrons. The first-order valence-electron chi connectivity index (χ1n) is 7.86. The zero-order valence-corrected chi connectivity index (χ0v) is 12.7. The highest BCUT2D eigenvalue weighted by Crippen LogP contribution is 2.35. The van der Waals surface area contributed by atoms with Gasteiger partial charge in [0.25, 0.3) is 0 Å². The summed E-state index contributed by atoms with van der Waals surface area (Å²) in [4.78, 5) is 0. The first-order chi connectivity index (χ1) is 9.65. The van der Waals surface area contributed by atoms with Gasteiger partial charge in [-0.25, -0.2) is 0 Å². The van der Waals surface area contributed by atoms with Crippen molar-refractivity contribution in [3.05, 3.63) is 48.0 Å². The Bertz CT molecular complexity index is 585. The smallest absolute Gasteiger partial charge is 0.0208 e. The largest absolute Gasteiger partial charge is 0.309 e. The number of rotatable bonds is 3. The van der Waals surface area contributed by atoms with Crippen LogP contribution in [-0.4, -0.2) is 6.04 Å². The fourth-order valence-electron chi connectivity index (χ4n) is 3.46. The summed E-state index contributed by atoms with van der Waals surface area (Å²) in [5.41, 5.74) is 1.83. The SMILES string of the molecule is CC1(C)CCCCC1NCc1ccc2ccccc2c1. The highest BCUT2D eigenvalue weighted by molar-refractivity contribution is 5.82. The zero-order valence-electron chi connectivity index (χ0n) is 12.7. The highest BCUT2D eigenvalue weighted by atomic mass is 14.9. The highest BCUT2D eigenvalue weighted by Gasteiger charge is 2.31. The van der Waals surface area contributed by atoms with Crippen LogP contribution in [0.2, 0.25) is 0 Å². The van der Waals surface area contributed by atoms with E-state index in [1.54, 1.807) is 0 Å². The van der Waals surface area contributed by atoms with Crippen LogP contribution in [-0.2, 0) is 6.54 Å². The third-order valence-electron chi connectivity index (χ3n) is 4.87. The van der Waals surface area contributed by atoms with E-state index >= 15 is 0 Å². The molecule has 1 saturated carbocycles. The second-order valence-electron chi connectivity index (χ2n) is 6.85. The van der Waals surface area contributed by atoms with Gasteiger partial charge in [-0.3, -0.25) is 0 Å². The monoisotopic (exact) mass is 267 g/mol. The molecule has 3 rings (SSSR count). The molecule has 0 heterocycles. The van der Waals surface area contributed by atoms with Crippen molar-refractivity contribution in [2.24, 2.45) is 5.41 Å². The van der Waals surface area contributed by atoms with Crippen molar-refractivity contribution in [1.82, 2.24) is 5.32 Å². The van der Waals surface area contributed by atoms with Gasteiger partial charge in [0.2, 0.25) is 0 Å². The summed E-state index contributed by atoms with van der Waals surface area (Å²) in [5.74, 6) is 0. The van der Waals surface area contributed by atoms with Gasteiger partial charge in [-0.15, -0.1) is 0 Å². The summed E-state index contributed by atoms with van der Waals surface area (Å²) in [5, 5.41) is 6.46. The van der Waals surface area contributed by atoms with Crippen LogP contribution in [0.3, 0.4) is 0 Å². The maximum atomic E-state index is 3.79. The maximum Gasteiger partial charge on any atom is 0.0208 e. The lowest BCUT2D eigenvalue weighted by Crippen LogP contribution is -2.43. The molecular formula is C19H25N. The summed E-state index contributed by atoms with van der Waals surface area (Å²) in [7, 11) is 0. The normalized spacial score (nSPS) is 22.0. The zero-order chi connectivity index (χ0) is 14.0. The molecule has 20 heavy (non-hydrogen) atoms. The van der Waals surface area contributed by atoms with Gasteiger partial charge in [-0.05, 0) is 40.7 Å². The molecule has 0 saturated heterocycles. The van der Waals surface area contributed by atoms with E-state index in [1.807, 2.05) is 0 Å². The Morgan fingerprint density at radius 3 is 2.65 bits per heavy atom. The lowest BCUT2D eigenvalue weighted by Gasteiger charge is -2.39. The first-order valence-corrected chi connectivity index (χ1v) is 7.86. The maximum absolute atomic E-state index is 3.79. The molecule has 1 atom stereocenters. The molecular weight excluding hydrogens is 242 g/mol. The molecule has 0 aromatic heterocycles. The molecule has 1 aliphatic rings. The van der Waals surface area contributed by atoms with E-state index in [9.17, 15) is 0 Å². The molecule has 0 spiro atoms. The van der Waals surface area contributed by atoms with E-state index in [2.05, 4.69) is 61.6 Å². The van der Waals surface area contributed by atoms with Gasteiger partial charge < -0.3 is 5.32 Å². The Hall–Kier alpha value is -1.34. The van der Waals surface area contributed by atoms with Gasteiger partial charge >= 0.3 is 0 Å². The molecule has 1 heteroatoms. The number of hydrogen-bond acceptors (Lipinski definition) is 1. The van der Waals surface area contributed by atoms with Crippen LogP contribution < -0.4 is 5.32 Å². The van der Waals surface area contributed by atoms with Gasteiger partial charge in [0, 0.05) is 12.6 Å². The second kappa shape index (κ2) is 5.57. The number of benzene rings is 2. The average Bonchev–Trinajstić information content (AvgIpc) is 2.45. The predicted octanol–water partition coefficient (Wildman–Crippen LogP) is 4.90. The van der Waals surface area contributed by atoms with Crippen LogP contribution in [0.5, 0.6) is 0 Å². The molecule has 2 aromatic carbocycles. The van der Waals surface area contributed by atoms with Crippen LogP contribution in [0.1, 0.15) is 45.1 Å². The van der Waals surface area contributed by atoms with Crippen LogP contribution in [0.15, 0.2) is 42.5 Å². The van der Waals surface area contributed by atoms with E-state index < -0.39 is 0 Å². The molecule has 0 radical (unpaired) electrons. The molecule has 0 bridgehead atoms. The minimum atomic E-state index is 0.440. The summed E-state index contributed by atoms with van der Waals surface area (Å²) in [6.45, 7) is 5.80. The van der Waals surface area contributed by atoms with E-state index in [-0.39, 0.29) is 0 Å². The quantitative estimate of drug-likeness (QED) is 0.834. The van der Waals surface area contributed by atoms with E-state index in [4.69, 9.17) is 0 Å². The Kier molecular flexibility index (Phi) is 3.80. The topological polar surface area (TPSA) is 12.0 Å². The summed E-state index contributed by atoms with van der Waals surface area (Å²) >= 11 is 0. The van der Waals surface area contributed by atoms with Crippen molar-refractivity contribution < 1.29 is 0 Å². The minimum Gasteiger partial charge on any atom is -0.309 e. The lowest BCUT2D eigenvalue weighted by atomic mass is 9.73. The van der Waals surface area contributed by atoms with Crippen molar-refractivity contribution in [2.45, 2.75) is 52.1 Å². The summed E-state index contributed by atoms with van der Waals surface area (Å²) in [6, 6.07) is 16.1. The van der Waals surface area contributed by atoms with E-state index in [0.717, 1.165) is 6.54 Å². The van der Waals surface area contributed by atoms with Gasteiger partial charge in [-0.1, -0.05) is 63.1 Å². The number of fused-ring (bicyclic) bond motifs is 1. The third-order valence-corrected chi connectivity index (χ3v) is 4.87. The van der Waals surface area contributed by atoms with Crippen LogP contribution >= 0.6 is 0 Å². The number of nitrogens with one attached hydrogen (secondary N) is 1. The standard InChI is InChI=1S/C19H25N/c1-19(2)12-6-5-9-18(19)20-14-15-10-11-16-7-3-4-8-17(16)13-15/h3-4,7-8,10-11,13,18,20H,5-6,9,12,14H2,1-2H3. The van der Waals surface area contributed by atoms with Crippen molar-refractivity contribution in [3.8, 4) is 0 Å². The summed E-state index contributed by atoms with van der Waals surface area (Å²) in [6.07, 6.45) is 5.43. The fourth-order valence-corrected chi connectivity index (χ4v) is 3.46. The molecule has 0 aliphatic heterocycles. The predicted molar refractivity (Wildman–Crippen MR) is 86.8 cm³/mol. The molecule has 1 unspecified atom stereocenters. The molecule has 0 amide bonds. The van der Waals surface area contributed by atoms with E-state index in [0.29, 0.717) is 11.5 Å². The molecule has 2 aromatic rings. The van der Waals surface area contributed by atoms with Gasteiger partial charge in [0.1, 0.15) is 0 Å². The van der Waals surface area contributed by atoms with Gasteiger partial charge in [-0.2, -0.15) is 0 Å². The average molecular weight is 267 g/mol. The van der Waals surface area contributed by atoms with Gasteiger partial charge in [0.15, 0.2) is 0 Å². The summed E-state index contributed by atoms with van der Waals surface area (Å²) < 4.78 is 0. The van der Waals surface area contributed by atoms with Crippen molar-refractivity contribution in [3.63, 3.8) is 0 Å². The van der Waals surface area contributed by atoms with Crippen LogP contribution in [0, 0.1) is 5.41 Å². The Morgan fingerprint density at radius 1 is 1.05 bits per heavy atom. The Labute approximate surface area is 122 Å². The number of hydrogen-bond donors (Lipinski definition) is 1. The first kappa shape index (κ1) is 13.6. The fraction of sp³-hybridized carbons (Fsp3) is 0.474. The molecule has 1 aliphatic carbocycles. The molecule has 1 N–H and O–H groups in total. The van der Waals surface area contributed by atoms with Crippen molar-refractivity contribution in [2.75, 3.05) is 0 Å². The third kappa shape index (κ3) is 2.88. The lowest BCUT2D eigenvalue weighted by molar-refractivity contribution is 0.167.